The van der Waals surface area contributed by atoms with Gasteiger partial charge in [-0.15, -0.1) is 0 Å². The van der Waals surface area contributed by atoms with Gasteiger partial charge in [0.05, 0.1) is 24.8 Å². The predicted molar refractivity (Wildman–Crippen MR) is 80.7 cm³/mol. The van der Waals surface area contributed by atoms with Crippen LogP contribution in [0.4, 0.5) is 4.79 Å². The summed E-state index contributed by atoms with van der Waals surface area (Å²) in [6, 6.07) is 6.89. The van der Waals surface area contributed by atoms with Gasteiger partial charge < -0.3 is 25.2 Å². The molecule has 1 aromatic rings. The van der Waals surface area contributed by atoms with Crippen molar-refractivity contribution in [3.8, 4) is 5.75 Å². The monoisotopic (exact) mass is 316 g/mol. The van der Waals surface area contributed by atoms with Crippen molar-refractivity contribution in [3.63, 3.8) is 0 Å². The third-order valence-electron chi connectivity index (χ3n) is 2.72. The van der Waals surface area contributed by atoms with Crippen LogP contribution < -0.4 is 10.1 Å². The second-order valence-corrected chi connectivity index (χ2v) is 4.71. The van der Waals surface area contributed by atoms with Crippen LogP contribution in [-0.4, -0.2) is 60.6 Å². The Morgan fingerprint density at radius 1 is 1.24 bits per heavy atom. The van der Waals surface area contributed by atoms with Gasteiger partial charge in [0.15, 0.2) is 0 Å². The molecule has 0 spiro atoms. The summed E-state index contributed by atoms with van der Waals surface area (Å²) >= 11 is 5.95. The van der Waals surface area contributed by atoms with Gasteiger partial charge >= 0.3 is 6.03 Å². The second-order valence-electron chi connectivity index (χ2n) is 4.30. The number of rotatable bonds is 9. The van der Waals surface area contributed by atoms with E-state index >= 15 is 0 Å². The molecule has 1 rings (SSSR count). The molecule has 0 atom stereocenters. The minimum atomic E-state index is -0.309. The van der Waals surface area contributed by atoms with Gasteiger partial charge in [0.25, 0.3) is 0 Å². The minimum absolute atomic E-state index is 0.136. The lowest BCUT2D eigenvalue weighted by atomic mass is 10.3. The summed E-state index contributed by atoms with van der Waals surface area (Å²) in [5.74, 6) is 0.618. The van der Waals surface area contributed by atoms with E-state index in [2.05, 4.69) is 5.32 Å². The van der Waals surface area contributed by atoms with Crippen molar-refractivity contribution in [2.24, 2.45) is 0 Å². The SMILES string of the molecule is O=C(NCCCOc1ccccc1Cl)N(CCO)CCO. The molecule has 21 heavy (non-hydrogen) atoms. The van der Waals surface area contributed by atoms with Crippen LogP contribution in [0.15, 0.2) is 24.3 Å². The smallest absolute Gasteiger partial charge is 0.317 e. The number of aliphatic hydroxyl groups excluding tert-OH is 2. The molecule has 0 heterocycles. The van der Waals surface area contributed by atoms with E-state index in [4.69, 9.17) is 26.6 Å². The number of aliphatic hydroxyl groups is 2. The largest absolute Gasteiger partial charge is 0.492 e. The van der Waals surface area contributed by atoms with Gasteiger partial charge in [-0.05, 0) is 18.6 Å². The molecule has 0 fully saturated rings. The van der Waals surface area contributed by atoms with Gasteiger partial charge in [-0.3, -0.25) is 0 Å². The highest BCUT2D eigenvalue weighted by molar-refractivity contribution is 6.32. The van der Waals surface area contributed by atoms with Crippen molar-refractivity contribution in [1.82, 2.24) is 10.2 Å². The Balaban J connectivity index is 2.21. The average Bonchev–Trinajstić information content (AvgIpc) is 2.48. The summed E-state index contributed by atoms with van der Waals surface area (Å²) in [6.07, 6.45) is 0.628. The topological polar surface area (TPSA) is 82.0 Å². The van der Waals surface area contributed by atoms with E-state index in [1.807, 2.05) is 12.1 Å². The van der Waals surface area contributed by atoms with Crippen molar-refractivity contribution in [2.75, 3.05) is 39.5 Å². The second kappa shape index (κ2) is 10.3. The molecule has 7 heteroatoms. The summed E-state index contributed by atoms with van der Waals surface area (Å²) in [5.41, 5.74) is 0. The Labute approximate surface area is 129 Å². The first kappa shape index (κ1) is 17.6. The first-order chi connectivity index (χ1) is 10.2. The minimum Gasteiger partial charge on any atom is -0.492 e. The van der Waals surface area contributed by atoms with Crippen molar-refractivity contribution in [1.29, 1.82) is 0 Å². The van der Waals surface area contributed by atoms with Crippen LogP contribution in [0.3, 0.4) is 0 Å². The standard InChI is InChI=1S/C14H21ClN2O4/c15-12-4-1-2-5-13(12)21-11-3-6-16-14(20)17(7-9-18)8-10-19/h1-2,4-5,18-19H,3,6-11H2,(H,16,20). The van der Waals surface area contributed by atoms with Gasteiger partial charge in [0.1, 0.15) is 5.75 Å². The van der Waals surface area contributed by atoms with Crippen molar-refractivity contribution >= 4 is 17.6 Å². The van der Waals surface area contributed by atoms with Crippen molar-refractivity contribution in [2.45, 2.75) is 6.42 Å². The van der Waals surface area contributed by atoms with E-state index in [-0.39, 0.29) is 32.3 Å². The number of hydrogen-bond acceptors (Lipinski definition) is 4. The fourth-order valence-electron chi connectivity index (χ4n) is 1.68. The zero-order chi connectivity index (χ0) is 15.5. The Kier molecular flexibility index (Phi) is 8.57. The maximum Gasteiger partial charge on any atom is 0.317 e. The highest BCUT2D eigenvalue weighted by atomic mass is 35.5. The summed E-state index contributed by atoms with van der Waals surface area (Å²) in [7, 11) is 0. The number of nitrogens with zero attached hydrogens (tertiary/aromatic N) is 1. The van der Waals surface area contributed by atoms with Crippen LogP contribution in [0.1, 0.15) is 6.42 Å². The van der Waals surface area contributed by atoms with Crippen molar-refractivity contribution < 1.29 is 19.7 Å². The molecule has 0 aliphatic heterocycles. The van der Waals surface area contributed by atoms with Gasteiger partial charge in [-0.2, -0.15) is 0 Å². The third-order valence-corrected chi connectivity index (χ3v) is 3.03. The molecule has 0 unspecified atom stereocenters. The molecule has 0 bridgehead atoms. The number of urea groups is 1. The van der Waals surface area contributed by atoms with Crippen LogP contribution in [0.5, 0.6) is 5.75 Å². The van der Waals surface area contributed by atoms with Gasteiger partial charge in [-0.1, -0.05) is 23.7 Å². The summed E-state index contributed by atoms with van der Waals surface area (Å²) in [4.78, 5) is 13.1. The molecule has 0 aliphatic rings. The molecule has 118 valence electrons. The highest BCUT2D eigenvalue weighted by Crippen LogP contribution is 2.22. The molecular weight excluding hydrogens is 296 g/mol. The van der Waals surface area contributed by atoms with E-state index < -0.39 is 0 Å². The molecule has 0 aromatic heterocycles. The number of ether oxygens (including phenoxy) is 1. The molecule has 0 saturated carbocycles. The zero-order valence-corrected chi connectivity index (χ0v) is 12.6. The van der Waals surface area contributed by atoms with Crippen LogP contribution >= 0.6 is 11.6 Å². The number of nitrogens with one attached hydrogen (secondary N) is 1. The Morgan fingerprint density at radius 3 is 2.52 bits per heavy atom. The van der Waals surface area contributed by atoms with E-state index in [0.717, 1.165) is 0 Å². The van der Waals surface area contributed by atoms with Gasteiger partial charge in [-0.25, -0.2) is 4.79 Å². The number of amides is 2. The fraction of sp³-hybridized carbons (Fsp3) is 0.500. The Morgan fingerprint density at radius 2 is 1.90 bits per heavy atom. The van der Waals surface area contributed by atoms with Crippen LogP contribution in [-0.2, 0) is 0 Å². The fourth-order valence-corrected chi connectivity index (χ4v) is 1.87. The number of carbonyl (C=O) groups excluding carboxylic acids is 1. The lowest BCUT2D eigenvalue weighted by Crippen LogP contribution is -2.43. The van der Waals surface area contributed by atoms with Crippen LogP contribution in [0.25, 0.3) is 0 Å². The molecule has 6 nitrogen and oxygen atoms in total. The lowest BCUT2D eigenvalue weighted by molar-refractivity contribution is 0.158. The van der Waals surface area contributed by atoms with E-state index in [1.54, 1.807) is 12.1 Å². The van der Waals surface area contributed by atoms with Gasteiger partial charge in [0.2, 0.25) is 0 Å². The predicted octanol–water partition coefficient (Wildman–Crippen LogP) is 1.11. The molecule has 2 amide bonds. The quantitative estimate of drug-likeness (QED) is 0.596. The van der Waals surface area contributed by atoms with E-state index in [9.17, 15) is 4.79 Å². The molecule has 0 aliphatic carbocycles. The Bertz CT molecular complexity index is 425. The number of hydrogen-bond donors (Lipinski definition) is 3. The Hall–Kier alpha value is -1.50. The van der Waals surface area contributed by atoms with Crippen LogP contribution in [0, 0.1) is 0 Å². The van der Waals surface area contributed by atoms with Crippen molar-refractivity contribution in [3.05, 3.63) is 29.3 Å². The number of benzene rings is 1. The van der Waals surface area contributed by atoms with E-state index in [1.165, 1.54) is 4.90 Å². The zero-order valence-electron chi connectivity index (χ0n) is 11.8. The first-order valence-electron chi connectivity index (χ1n) is 6.81. The number of para-hydroxylation sites is 1. The first-order valence-corrected chi connectivity index (χ1v) is 7.18. The highest BCUT2D eigenvalue weighted by Gasteiger charge is 2.11. The summed E-state index contributed by atoms with van der Waals surface area (Å²) in [6.45, 7) is 0.998. The normalized spacial score (nSPS) is 10.2. The van der Waals surface area contributed by atoms with E-state index in [0.29, 0.717) is 30.3 Å². The van der Waals surface area contributed by atoms with Gasteiger partial charge in [0, 0.05) is 19.6 Å². The number of carbonyl (C=O) groups is 1. The van der Waals surface area contributed by atoms with Crippen LogP contribution in [0.2, 0.25) is 5.02 Å². The molecular formula is C14H21ClN2O4. The maximum atomic E-state index is 11.7. The average molecular weight is 317 g/mol. The third kappa shape index (κ3) is 6.66. The number of halogens is 1. The summed E-state index contributed by atoms with van der Waals surface area (Å²) in [5, 5.41) is 20.9. The molecule has 0 saturated heterocycles. The molecule has 3 N–H and O–H groups in total. The molecule has 1 aromatic carbocycles. The summed E-state index contributed by atoms with van der Waals surface area (Å²) < 4.78 is 5.50. The molecule has 0 radical (unpaired) electrons. The maximum absolute atomic E-state index is 11.7. The lowest BCUT2D eigenvalue weighted by Gasteiger charge is -2.21.